The second-order valence-electron chi connectivity index (χ2n) is 3.82. The Morgan fingerprint density at radius 2 is 1.89 bits per heavy atom. The lowest BCUT2D eigenvalue weighted by Crippen LogP contribution is -1.98. The minimum absolute atomic E-state index is 0.254. The van der Waals surface area contributed by atoms with E-state index in [0.29, 0.717) is 6.61 Å². The van der Waals surface area contributed by atoms with Gasteiger partial charge in [0.2, 0.25) is 0 Å². The van der Waals surface area contributed by atoms with Crippen LogP contribution in [0.3, 0.4) is 0 Å². The van der Waals surface area contributed by atoms with Gasteiger partial charge in [-0.15, -0.1) is 0 Å². The molecule has 2 rings (SSSR count). The van der Waals surface area contributed by atoms with E-state index < -0.39 is 0 Å². The van der Waals surface area contributed by atoms with E-state index in [0.717, 1.165) is 26.7 Å². The van der Waals surface area contributed by atoms with Crippen molar-refractivity contribution in [2.24, 2.45) is 0 Å². The maximum Gasteiger partial charge on any atom is 0.138 e. The van der Waals surface area contributed by atoms with Crippen LogP contribution in [0.4, 0.5) is 0 Å². The zero-order chi connectivity index (χ0) is 13.0. The van der Waals surface area contributed by atoms with Gasteiger partial charge in [0.05, 0.1) is 4.47 Å². The molecular weight excluding hydrogens is 360 g/mol. The van der Waals surface area contributed by atoms with Crippen LogP contribution in [0, 0.1) is 0 Å². The predicted octanol–water partition coefficient (Wildman–Crippen LogP) is 4.63. The number of para-hydroxylation sites is 1. The molecule has 0 aliphatic heterocycles. The molecule has 94 valence electrons. The van der Waals surface area contributed by atoms with Crippen LogP contribution in [0.15, 0.2) is 46.9 Å². The molecule has 0 aliphatic carbocycles. The van der Waals surface area contributed by atoms with E-state index in [4.69, 9.17) is 4.74 Å². The van der Waals surface area contributed by atoms with Crippen LogP contribution in [-0.2, 0) is 11.9 Å². The van der Waals surface area contributed by atoms with E-state index in [1.165, 1.54) is 0 Å². The normalized spacial score (nSPS) is 10.3. The number of alkyl halides is 1. The SMILES string of the molecule is Oc1cccc(COc2c(Br)cccc2CBr)c1. The molecule has 0 amide bonds. The third-order valence-electron chi connectivity index (χ3n) is 2.49. The fourth-order valence-electron chi connectivity index (χ4n) is 1.62. The van der Waals surface area contributed by atoms with E-state index >= 15 is 0 Å². The molecule has 0 atom stereocenters. The molecule has 0 saturated carbocycles. The van der Waals surface area contributed by atoms with Crippen molar-refractivity contribution >= 4 is 31.9 Å². The summed E-state index contributed by atoms with van der Waals surface area (Å²) in [6, 6.07) is 13.0. The highest BCUT2D eigenvalue weighted by atomic mass is 79.9. The molecule has 1 N–H and O–H groups in total. The van der Waals surface area contributed by atoms with Gasteiger partial charge in [0.25, 0.3) is 0 Å². The van der Waals surface area contributed by atoms with Gasteiger partial charge in [0.1, 0.15) is 18.1 Å². The minimum atomic E-state index is 0.254. The van der Waals surface area contributed by atoms with Crippen molar-refractivity contribution in [3.05, 3.63) is 58.1 Å². The molecule has 4 heteroatoms. The highest BCUT2D eigenvalue weighted by Gasteiger charge is 2.07. The number of benzene rings is 2. The number of halogens is 2. The quantitative estimate of drug-likeness (QED) is 0.794. The predicted molar refractivity (Wildman–Crippen MR) is 79.2 cm³/mol. The van der Waals surface area contributed by atoms with Crippen LogP contribution in [0.1, 0.15) is 11.1 Å². The Morgan fingerprint density at radius 3 is 2.61 bits per heavy atom. The van der Waals surface area contributed by atoms with Crippen LogP contribution in [0.5, 0.6) is 11.5 Å². The van der Waals surface area contributed by atoms with E-state index in [1.54, 1.807) is 18.2 Å². The average molecular weight is 372 g/mol. The van der Waals surface area contributed by atoms with Gasteiger partial charge in [0, 0.05) is 10.9 Å². The van der Waals surface area contributed by atoms with Gasteiger partial charge in [-0.1, -0.05) is 40.2 Å². The molecule has 0 aromatic heterocycles. The van der Waals surface area contributed by atoms with Crippen LogP contribution in [-0.4, -0.2) is 5.11 Å². The van der Waals surface area contributed by atoms with Crippen molar-refractivity contribution in [3.8, 4) is 11.5 Å². The third-order valence-corrected chi connectivity index (χ3v) is 3.71. The summed E-state index contributed by atoms with van der Waals surface area (Å²) in [5.41, 5.74) is 2.02. The molecule has 0 heterocycles. The Balaban J connectivity index is 2.15. The van der Waals surface area contributed by atoms with Crippen molar-refractivity contribution in [1.82, 2.24) is 0 Å². The van der Waals surface area contributed by atoms with E-state index in [1.807, 2.05) is 24.3 Å². The molecule has 0 aliphatic rings. The molecule has 2 aromatic rings. The maximum absolute atomic E-state index is 9.39. The van der Waals surface area contributed by atoms with Crippen LogP contribution in [0.25, 0.3) is 0 Å². The smallest absolute Gasteiger partial charge is 0.138 e. The Kier molecular flexibility index (Phi) is 4.66. The summed E-state index contributed by atoms with van der Waals surface area (Å²) in [6.45, 7) is 0.428. The van der Waals surface area contributed by atoms with Crippen molar-refractivity contribution in [1.29, 1.82) is 0 Å². The highest BCUT2D eigenvalue weighted by molar-refractivity contribution is 9.10. The molecule has 0 fully saturated rings. The second kappa shape index (κ2) is 6.25. The van der Waals surface area contributed by atoms with Gasteiger partial charge in [-0.05, 0) is 39.7 Å². The molecule has 0 saturated heterocycles. The first-order valence-corrected chi connectivity index (χ1v) is 7.36. The van der Waals surface area contributed by atoms with Crippen LogP contribution < -0.4 is 4.74 Å². The summed E-state index contributed by atoms with van der Waals surface area (Å²) in [4.78, 5) is 0. The van der Waals surface area contributed by atoms with E-state index in [2.05, 4.69) is 31.9 Å². The number of rotatable bonds is 4. The van der Waals surface area contributed by atoms with Crippen LogP contribution >= 0.6 is 31.9 Å². The van der Waals surface area contributed by atoms with Gasteiger partial charge in [0.15, 0.2) is 0 Å². The van der Waals surface area contributed by atoms with E-state index in [9.17, 15) is 5.11 Å². The van der Waals surface area contributed by atoms with Gasteiger partial charge in [-0.3, -0.25) is 0 Å². The van der Waals surface area contributed by atoms with Gasteiger partial charge in [-0.2, -0.15) is 0 Å². The first-order valence-electron chi connectivity index (χ1n) is 5.45. The average Bonchev–Trinajstić information content (AvgIpc) is 2.37. The monoisotopic (exact) mass is 370 g/mol. The van der Waals surface area contributed by atoms with Crippen molar-refractivity contribution in [2.75, 3.05) is 0 Å². The number of hydrogen-bond acceptors (Lipinski definition) is 2. The number of phenols is 1. The Bertz CT molecular complexity index is 541. The van der Waals surface area contributed by atoms with Crippen molar-refractivity contribution < 1.29 is 9.84 Å². The standard InChI is InChI=1S/C14H12Br2O2/c15-8-11-4-2-6-13(16)14(11)18-9-10-3-1-5-12(17)7-10/h1-7,17H,8-9H2. The Hall–Kier alpha value is -1.00. The Labute approximate surface area is 123 Å². The van der Waals surface area contributed by atoms with E-state index in [-0.39, 0.29) is 5.75 Å². The molecule has 0 radical (unpaired) electrons. The van der Waals surface area contributed by atoms with Crippen LogP contribution in [0.2, 0.25) is 0 Å². The first-order chi connectivity index (χ1) is 8.70. The lowest BCUT2D eigenvalue weighted by molar-refractivity contribution is 0.301. The minimum Gasteiger partial charge on any atom is -0.508 e. The molecule has 18 heavy (non-hydrogen) atoms. The summed E-state index contributed by atoms with van der Waals surface area (Å²) >= 11 is 6.92. The highest BCUT2D eigenvalue weighted by Crippen LogP contribution is 2.31. The zero-order valence-electron chi connectivity index (χ0n) is 9.57. The van der Waals surface area contributed by atoms with Gasteiger partial charge >= 0.3 is 0 Å². The summed E-state index contributed by atoms with van der Waals surface area (Å²) in [5, 5.41) is 10.1. The summed E-state index contributed by atoms with van der Waals surface area (Å²) in [5.74, 6) is 1.08. The zero-order valence-corrected chi connectivity index (χ0v) is 12.7. The molecular formula is C14H12Br2O2. The molecule has 2 aromatic carbocycles. The van der Waals surface area contributed by atoms with Crippen molar-refractivity contribution in [3.63, 3.8) is 0 Å². The summed E-state index contributed by atoms with van der Waals surface area (Å²) < 4.78 is 6.74. The molecule has 0 spiro atoms. The lowest BCUT2D eigenvalue weighted by Gasteiger charge is -2.12. The summed E-state index contributed by atoms with van der Waals surface area (Å²) in [7, 11) is 0. The topological polar surface area (TPSA) is 29.5 Å². The van der Waals surface area contributed by atoms with Gasteiger partial charge < -0.3 is 9.84 Å². The molecule has 2 nitrogen and oxygen atoms in total. The van der Waals surface area contributed by atoms with Gasteiger partial charge in [-0.25, -0.2) is 0 Å². The third kappa shape index (κ3) is 3.27. The molecule has 0 bridgehead atoms. The van der Waals surface area contributed by atoms with Crippen molar-refractivity contribution in [2.45, 2.75) is 11.9 Å². The summed E-state index contributed by atoms with van der Waals surface area (Å²) in [6.07, 6.45) is 0. The fourth-order valence-corrected chi connectivity index (χ4v) is 2.59. The second-order valence-corrected chi connectivity index (χ2v) is 5.24. The molecule has 0 unspecified atom stereocenters. The number of hydrogen-bond donors (Lipinski definition) is 1. The lowest BCUT2D eigenvalue weighted by atomic mass is 10.2. The Morgan fingerprint density at radius 1 is 1.11 bits per heavy atom. The largest absolute Gasteiger partial charge is 0.508 e. The maximum atomic E-state index is 9.39. The number of phenolic OH excluding ortho intramolecular Hbond substituents is 1. The first kappa shape index (κ1) is 13.4. The fraction of sp³-hybridized carbons (Fsp3) is 0.143. The number of aromatic hydroxyl groups is 1. The number of ether oxygens (including phenoxy) is 1.